The van der Waals surface area contributed by atoms with Crippen molar-refractivity contribution in [1.29, 1.82) is 0 Å². The van der Waals surface area contributed by atoms with Crippen molar-refractivity contribution in [3.8, 4) is 0 Å². The minimum atomic E-state index is 0.708. The third kappa shape index (κ3) is 4.60. The van der Waals surface area contributed by atoms with Crippen LogP contribution in [0.25, 0.3) is 0 Å². The molecule has 0 saturated carbocycles. The number of piperidine rings is 1. The molecule has 0 amide bonds. The number of nitrogens with zero attached hydrogens (tertiary/aromatic N) is 1. The number of ether oxygens (including phenoxy) is 1. The van der Waals surface area contributed by atoms with E-state index >= 15 is 0 Å². The van der Waals surface area contributed by atoms with Crippen molar-refractivity contribution in [2.75, 3.05) is 33.9 Å². The lowest BCUT2D eigenvalue weighted by Crippen LogP contribution is -2.36. The monoisotopic (exact) mass is 262 g/mol. The summed E-state index contributed by atoms with van der Waals surface area (Å²) in [5.41, 5.74) is 2.79. The molecule has 1 saturated heterocycles. The molecule has 0 radical (unpaired) electrons. The van der Waals surface area contributed by atoms with Gasteiger partial charge < -0.3 is 10.1 Å². The Balaban J connectivity index is 1.90. The van der Waals surface area contributed by atoms with Crippen molar-refractivity contribution >= 4 is 0 Å². The summed E-state index contributed by atoms with van der Waals surface area (Å²) in [6, 6.07) is 8.90. The van der Waals surface area contributed by atoms with Crippen molar-refractivity contribution in [3.05, 3.63) is 35.4 Å². The third-order valence-electron chi connectivity index (χ3n) is 3.78. The van der Waals surface area contributed by atoms with Crippen molar-refractivity contribution in [2.24, 2.45) is 5.92 Å². The molecule has 1 aromatic rings. The van der Waals surface area contributed by atoms with Crippen LogP contribution in [0.2, 0.25) is 0 Å². The summed E-state index contributed by atoms with van der Waals surface area (Å²) in [6.07, 6.45) is 2.61. The van der Waals surface area contributed by atoms with Crippen molar-refractivity contribution in [3.63, 3.8) is 0 Å². The van der Waals surface area contributed by atoms with Crippen molar-refractivity contribution < 1.29 is 4.74 Å². The van der Waals surface area contributed by atoms with Crippen LogP contribution in [0.5, 0.6) is 0 Å². The second-order valence-corrected chi connectivity index (χ2v) is 5.55. The Hall–Kier alpha value is -0.900. The fourth-order valence-electron chi connectivity index (χ4n) is 2.97. The minimum Gasteiger partial charge on any atom is -0.384 e. The maximum atomic E-state index is 5.30. The first kappa shape index (κ1) is 14.5. The molecule has 3 heteroatoms. The van der Waals surface area contributed by atoms with E-state index in [1.807, 2.05) is 7.05 Å². The van der Waals surface area contributed by atoms with E-state index in [-0.39, 0.29) is 0 Å². The van der Waals surface area contributed by atoms with Gasteiger partial charge in [-0.3, -0.25) is 4.90 Å². The van der Waals surface area contributed by atoms with Crippen LogP contribution in [0, 0.1) is 5.92 Å². The summed E-state index contributed by atoms with van der Waals surface area (Å²) in [7, 11) is 3.80. The summed E-state index contributed by atoms with van der Waals surface area (Å²) in [4.78, 5) is 2.56. The second-order valence-electron chi connectivity index (χ2n) is 5.55. The van der Waals surface area contributed by atoms with E-state index in [1.165, 1.54) is 37.1 Å². The maximum Gasteiger partial charge on any atom is 0.0502 e. The van der Waals surface area contributed by atoms with Crippen LogP contribution in [-0.4, -0.2) is 38.8 Å². The molecule has 106 valence electrons. The first-order chi connectivity index (χ1) is 9.31. The van der Waals surface area contributed by atoms with Gasteiger partial charge >= 0.3 is 0 Å². The lowest BCUT2D eigenvalue weighted by molar-refractivity contribution is 0.0874. The van der Waals surface area contributed by atoms with E-state index < -0.39 is 0 Å². The van der Waals surface area contributed by atoms with E-state index in [0.29, 0.717) is 5.92 Å². The topological polar surface area (TPSA) is 24.5 Å². The molecule has 1 heterocycles. The molecule has 19 heavy (non-hydrogen) atoms. The molecule has 0 aliphatic carbocycles. The lowest BCUT2D eigenvalue weighted by Gasteiger charge is -2.32. The Bertz CT molecular complexity index is 379. The van der Waals surface area contributed by atoms with Gasteiger partial charge in [-0.2, -0.15) is 0 Å². The average molecular weight is 262 g/mol. The number of methoxy groups -OCH3 is 1. The van der Waals surface area contributed by atoms with Crippen LogP contribution >= 0.6 is 0 Å². The summed E-state index contributed by atoms with van der Waals surface area (Å²) in [5, 5.41) is 3.21. The van der Waals surface area contributed by atoms with Crippen LogP contribution in [0.4, 0.5) is 0 Å². The highest BCUT2D eigenvalue weighted by atomic mass is 16.5. The van der Waals surface area contributed by atoms with Gasteiger partial charge in [0.1, 0.15) is 0 Å². The fraction of sp³-hybridized carbons (Fsp3) is 0.625. The largest absolute Gasteiger partial charge is 0.384 e. The van der Waals surface area contributed by atoms with E-state index in [0.717, 1.165) is 19.7 Å². The quantitative estimate of drug-likeness (QED) is 0.851. The summed E-state index contributed by atoms with van der Waals surface area (Å²) in [6.45, 7) is 5.30. The maximum absolute atomic E-state index is 5.30. The zero-order valence-electron chi connectivity index (χ0n) is 12.2. The van der Waals surface area contributed by atoms with Crippen LogP contribution in [0.1, 0.15) is 24.0 Å². The van der Waals surface area contributed by atoms with Gasteiger partial charge in [0.2, 0.25) is 0 Å². The number of likely N-dealkylation sites (tertiary alicyclic amines) is 1. The van der Waals surface area contributed by atoms with Gasteiger partial charge in [-0.05, 0) is 43.5 Å². The highest BCUT2D eigenvalue weighted by molar-refractivity contribution is 5.23. The van der Waals surface area contributed by atoms with Crippen LogP contribution in [0.3, 0.4) is 0 Å². The predicted molar refractivity (Wildman–Crippen MR) is 79.1 cm³/mol. The summed E-state index contributed by atoms with van der Waals surface area (Å²) < 4.78 is 5.30. The highest BCUT2D eigenvalue weighted by Crippen LogP contribution is 2.19. The van der Waals surface area contributed by atoms with Crippen LogP contribution < -0.4 is 5.32 Å². The Labute approximate surface area is 116 Å². The van der Waals surface area contributed by atoms with Crippen LogP contribution in [-0.2, 0) is 17.8 Å². The number of benzene rings is 1. The zero-order valence-corrected chi connectivity index (χ0v) is 12.2. The van der Waals surface area contributed by atoms with Gasteiger partial charge in [0.05, 0.1) is 6.61 Å². The SMILES string of the molecule is CNCc1cccc(CN2CCCC(COC)C2)c1. The molecule has 0 bridgehead atoms. The van der Waals surface area contributed by atoms with Gasteiger partial charge in [0.25, 0.3) is 0 Å². The van der Waals surface area contributed by atoms with E-state index in [2.05, 4.69) is 34.5 Å². The van der Waals surface area contributed by atoms with E-state index in [1.54, 1.807) is 7.11 Å². The molecule has 0 aromatic heterocycles. The molecular formula is C16H26N2O. The van der Waals surface area contributed by atoms with E-state index in [4.69, 9.17) is 4.74 Å². The van der Waals surface area contributed by atoms with Gasteiger partial charge in [-0.15, -0.1) is 0 Å². The van der Waals surface area contributed by atoms with Crippen molar-refractivity contribution in [1.82, 2.24) is 10.2 Å². The van der Waals surface area contributed by atoms with Crippen LogP contribution in [0.15, 0.2) is 24.3 Å². The van der Waals surface area contributed by atoms with Gasteiger partial charge in [0.15, 0.2) is 0 Å². The minimum absolute atomic E-state index is 0.708. The Morgan fingerprint density at radius 2 is 2.21 bits per heavy atom. The summed E-state index contributed by atoms with van der Waals surface area (Å²) in [5.74, 6) is 0.708. The summed E-state index contributed by atoms with van der Waals surface area (Å²) >= 11 is 0. The van der Waals surface area contributed by atoms with Gasteiger partial charge in [-0.25, -0.2) is 0 Å². The molecule has 0 spiro atoms. The first-order valence-corrected chi connectivity index (χ1v) is 7.25. The highest BCUT2D eigenvalue weighted by Gasteiger charge is 2.19. The second kappa shape index (κ2) is 7.63. The standard InChI is InChI=1S/C16H26N2O/c1-17-10-14-5-3-6-15(9-14)11-18-8-4-7-16(12-18)13-19-2/h3,5-6,9,16-17H,4,7-8,10-13H2,1-2H3. The average Bonchev–Trinajstić information content (AvgIpc) is 2.40. The van der Waals surface area contributed by atoms with Gasteiger partial charge in [0, 0.05) is 26.7 Å². The Morgan fingerprint density at radius 3 is 3.00 bits per heavy atom. The molecule has 1 aliphatic heterocycles. The molecule has 3 nitrogen and oxygen atoms in total. The molecule has 2 rings (SSSR count). The Morgan fingerprint density at radius 1 is 1.37 bits per heavy atom. The third-order valence-corrected chi connectivity index (χ3v) is 3.78. The lowest BCUT2D eigenvalue weighted by atomic mass is 9.98. The molecule has 1 aliphatic rings. The normalized spacial score (nSPS) is 20.6. The molecule has 1 aromatic carbocycles. The number of rotatable bonds is 6. The number of hydrogen-bond donors (Lipinski definition) is 1. The molecule has 1 unspecified atom stereocenters. The molecule has 1 N–H and O–H groups in total. The van der Waals surface area contributed by atoms with Gasteiger partial charge in [-0.1, -0.05) is 24.3 Å². The Kier molecular flexibility index (Phi) is 5.83. The first-order valence-electron chi connectivity index (χ1n) is 7.25. The van der Waals surface area contributed by atoms with Crippen molar-refractivity contribution in [2.45, 2.75) is 25.9 Å². The number of nitrogens with one attached hydrogen (secondary N) is 1. The zero-order chi connectivity index (χ0) is 13.5. The molecule has 1 fully saturated rings. The molecular weight excluding hydrogens is 236 g/mol. The number of hydrogen-bond acceptors (Lipinski definition) is 3. The smallest absolute Gasteiger partial charge is 0.0502 e. The molecule has 1 atom stereocenters. The fourth-order valence-corrected chi connectivity index (χ4v) is 2.97. The predicted octanol–water partition coefficient (Wildman–Crippen LogP) is 2.26. The van der Waals surface area contributed by atoms with E-state index in [9.17, 15) is 0 Å².